The van der Waals surface area contributed by atoms with Gasteiger partial charge in [0, 0.05) is 23.0 Å². The molecule has 0 bridgehead atoms. The van der Waals surface area contributed by atoms with Crippen LogP contribution in [0.5, 0.6) is 11.5 Å². The standard InChI is InChI=1S/C16H13N3O2/c1-10-15(12-4-2-3-7-17-12)16(19-18-10)11-5-6-13-14(8-11)21-9-20-13/h2-8H,9H2,1H3,(H,18,19). The Bertz CT molecular complexity index is 797. The molecule has 5 nitrogen and oxygen atoms in total. The lowest BCUT2D eigenvalue weighted by Gasteiger charge is -2.04. The van der Waals surface area contributed by atoms with Gasteiger partial charge in [-0.05, 0) is 37.3 Å². The molecule has 1 aliphatic heterocycles. The van der Waals surface area contributed by atoms with E-state index in [9.17, 15) is 0 Å². The third-order valence-corrected chi connectivity index (χ3v) is 3.51. The summed E-state index contributed by atoms with van der Waals surface area (Å²) in [6.45, 7) is 2.26. The van der Waals surface area contributed by atoms with Gasteiger partial charge in [-0.25, -0.2) is 0 Å². The number of nitrogens with one attached hydrogen (secondary N) is 1. The second kappa shape index (κ2) is 4.63. The van der Waals surface area contributed by atoms with Crippen molar-refractivity contribution < 1.29 is 9.47 Å². The summed E-state index contributed by atoms with van der Waals surface area (Å²) in [4.78, 5) is 4.42. The normalized spacial score (nSPS) is 12.6. The van der Waals surface area contributed by atoms with Crippen molar-refractivity contribution in [3.05, 3.63) is 48.3 Å². The van der Waals surface area contributed by atoms with E-state index in [2.05, 4.69) is 15.2 Å². The molecule has 5 heteroatoms. The molecule has 1 N–H and O–H groups in total. The van der Waals surface area contributed by atoms with Gasteiger partial charge in [-0.2, -0.15) is 5.10 Å². The van der Waals surface area contributed by atoms with Gasteiger partial charge in [0.15, 0.2) is 11.5 Å². The highest BCUT2D eigenvalue weighted by Gasteiger charge is 2.19. The smallest absolute Gasteiger partial charge is 0.231 e. The zero-order valence-electron chi connectivity index (χ0n) is 11.5. The summed E-state index contributed by atoms with van der Waals surface area (Å²) >= 11 is 0. The molecule has 0 unspecified atom stereocenters. The molecule has 1 aromatic carbocycles. The third-order valence-electron chi connectivity index (χ3n) is 3.51. The number of hydrogen-bond donors (Lipinski definition) is 1. The molecule has 0 saturated heterocycles. The number of aromatic amines is 1. The van der Waals surface area contributed by atoms with E-state index < -0.39 is 0 Å². The molecular formula is C16H13N3O2. The second-order valence-electron chi connectivity index (χ2n) is 4.86. The Balaban J connectivity index is 1.87. The maximum absolute atomic E-state index is 5.44. The molecule has 0 fully saturated rings. The largest absolute Gasteiger partial charge is 0.454 e. The van der Waals surface area contributed by atoms with Crippen LogP contribution < -0.4 is 9.47 Å². The van der Waals surface area contributed by atoms with Crippen molar-refractivity contribution in [3.63, 3.8) is 0 Å². The van der Waals surface area contributed by atoms with Crippen molar-refractivity contribution >= 4 is 0 Å². The van der Waals surface area contributed by atoms with Gasteiger partial charge in [-0.3, -0.25) is 10.1 Å². The number of H-pyrrole nitrogens is 1. The fourth-order valence-corrected chi connectivity index (χ4v) is 2.51. The lowest BCUT2D eigenvalue weighted by molar-refractivity contribution is 0.174. The van der Waals surface area contributed by atoms with Gasteiger partial charge in [0.05, 0.1) is 5.69 Å². The number of benzene rings is 1. The molecule has 0 spiro atoms. The molecular weight excluding hydrogens is 266 g/mol. The van der Waals surface area contributed by atoms with Gasteiger partial charge in [0.2, 0.25) is 6.79 Å². The summed E-state index contributed by atoms with van der Waals surface area (Å²) in [7, 11) is 0. The van der Waals surface area contributed by atoms with Crippen LogP contribution >= 0.6 is 0 Å². The lowest BCUT2D eigenvalue weighted by atomic mass is 10.0. The van der Waals surface area contributed by atoms with E-state index in [1.807, 2.05) is 43.3 Å². The zero-order chi connectivity index (χ0) is 14.2. The van der Waals surface area contributed by atoms with Crippen molar-refractivity contribution in [3.8, 4) is 34.0 Å². The van der Waals surface area contributed by atoms with Crippen molar-refractivity contribution in [2.75, 3.05) is 6.79 Å². The molecule has 3 heterocycles. The van der Waals surface area contributed by atoms with Crippen LogP contribution in [-0.4, -0.2) is 22.0 Å². The predicted molar refractivity (Wildman–Crippen MR) is 78.1 cm³/mol. The number of nitrogens with zero attached hydrogens (tertiary/aromatic N) is 2. The number of aryl methyl sites for hydroxylation is 1. The van der Waals surface area contributed by atoms with Gasteiger partial charge in [-0.1, -0.05) is 6.07 Å². The van der Waals surface area contributed by atoms with Crippen molar-refractivity contribution in [2.45, 2.75) is 6.92 Å². The summed E-state index contributed by atoms with van der Waals surface area (Å²) in [6.07, 6.45) is 1.78. The number of fused-ring (bicyclic) bond motifs is 1. The summed E-state index contributed by atoms with van der Waals surface area (Å²) in [5.41, 5.74) is 4.74. The maximum Gasteiger partial charge on any atom is 0.231 e. The highest BCUT2D eigenvalue weighted by molar-refractivity contribution is 5.81. The van der Waals surface area contributed by atoms with E-state index >= 15 is 0 Å². The first-order valence-corrected chi connectivity index (χ1v) is 6.69. The van der Waals surface area contributed by atoms with E-state index in [1.165, 1.54) is 0 Å². The van der Waals surface area contributed by atoms with Crippen LogP contribution in [0.3, 0.4) is 0 Å². The number of hydrogen-bond acceptors (Lipinski definition) is 4. The summed E-state index contributed by atoms with van der Waals surface area (Å²) in [5, 5.41) is 7.47. The molecule has 2 aromatic heterocycles. The van der Waals surface area contributed by atoms with Crippen molar-refractivity contribution in [1.29, 1.82) is 0 Å². The lowest BCUT2D eigenvalue weighted by Crippen LogP contribution is -1.92. The molecule has 0 atom stereocenters. The number of ether oxygens (including phenoxy) is 2. The number of pyridine rings is 1. The van der Waals surface area contributed by atoms with Crippen LogP contribution in [0.4, 0.5) is 0 Å². The van der Waals surface area contributed by atoms with Gasteiger partial charge in [0.25, 0.3) is 0 Å². The SMILES string of the molecule is Cc1[nH]nc(-c2ccc3c(c2)OCO3)c1-c1ccccn1. The molecule has 104 valence electrons. The fourth-order valence-electron chi connectivity index (χ4n) is 2.51. The highest BCUT2D eigenvalue weighted by atomic mass is 16.7. The first kappa shape index (κ1) is 12.0. The summed E-state index contributed by atoms with van der Waals surface area (Å²) < 4.78 is 10.8. The van der Waals surface area contributed by atoms with E-state index in [0.29, 0.717) is 0 Å². The molecule has 0 saturated carbocycles. The quantitative estimate of drug-likeness (QED) is 0.782. The van der Waals surface area contributed by atoms with E-state index in [1.54, 1.807) is 6.20 Å². The molecule has 4 rings (SSSR count). The van der Waals surface area contributed by atoms with E-state index in [4.69, 9.17) is 9.47 Å². The Hall–Kier alpha value is -2.82. The van der Waals surface area contributed by atoms with Crippen LogP contribution in [0.15, 0.2) is 42.6 Å². The summed E-state index contributed by atoms with van der Waals surface area (Å²) in [6, 6.07) is 11.7. The second-order valence-corrected chi connectivity index (χ2v) is 4.86. The minimum atomic E-state index is 0.269. The average Bonchev–Trinajstić information content (AvgIpc) is 3.13. The molecule has 0 amide bonds. The van der Waals surface area contributed by atoms with Gasteiger partial charge < -0.3 is 9.47 Å². The van der Waals surface area contributed by atoms with Crippen LogP contribution in [-0.2, 0) is 0 Å². The fraction of sp³-hybridized carbons (Fsp3) is 0.125. The van der Waals surface area contributed by atoms with Crippen LogP contribution in [0, 0.1) is 6.92 Å². The molecule has 21 heavy (non-hydrogen) atoms. The van der Waals surface area contributed by atoms with Gasteiger partial charge >= 0.3 is 0 Å². The molecule has 0 aliphatic carbocycles. The molecule has 3 aromatic rings. The predicted octanol–water partition coefficient (Wildman–Crippen LogP) is 3.18. The van der Waals surface area contributed by atoms with Crippen molar-refractivity contribution in [2.24, 2.45) is 0 Å². The molecule has 0 radical (unpaired) electrons. The minimum Gasteiger partial charge on any atom is -0.454 e. The monoisotopic (exact) mass is 279 g/mol. The Morgan fingerprint density at radius 2 is 2.00 bits per heavy atom. The number of rotatable bonds is 2. The topological polar surface area (TPSA) is 60.0 Å². The Morgan fingerprint density at radius 3 is 2.86 bits per heavy atom. The van der Waals surface area contributed by atoms with Crippen LogP contribution in [0.1, 0.15) is 5.69 Å². The van der Waals surface area contributed by atoms with E-state index in [0.717, 1.165) is 39.7 Å². The third kappa shape index (κ3) is 1.94. The van der Waals surface area contributed by atoms with E-state index in [-0.39, 0.29) is 6.79 Å². The van der Waals surface area contributed by atoms with Crippen LogP contribution in [0.25, 0.3) is 22.5 Å². The average molecular weight is 279 g/mol. The van der Waals surface area contributed by atoms with Crippen molar-refractivity contribution in [1.82, 2.24) is 15.2 Å². The van der Waals surface area contributed by atoms with Gasteiger partial charge in [-0.15, -0.1) is 0 Å². The van der Waals surface area contributed by atoms with Gasteiger partial charge in [0.1, 0.15) is 5.69 Å². The highest BCUT2D eigenvalue weighted by Crippen LogP contribution is 2.38. The number of aromatic nitrogens is 3. The summed E-state index contributed by atoms with van der Waals surface area (Å²) in [5.74, 6) is 1.52. The zero-order valence-corrected chi connectivity index (χ0v) is 11.5. The molecule has 1 aliphatic rings. The Labute approximate surface area is 121 Å². The maximum atomic E-state index is 5.44. The van der Waals surface area contributed by atoms with Crippen LogP contribution in [0.2, 0.25) is 0 Å². The Morgan fingerprint density at radius 1 is 1.10 bits per heavy atom. The minimum absolute atomic E-state index is 0.269. The Kier molecular flexibility index (Phi) is 2.64. The first-order valence-electron chi connectivity index (χ1n) is 6.69. The first-order chi connectivity index (χ1) is 10.3.